The molecule has 0 aromatic heterocycles. The van der Waals surface area contributed by atoms with E-state index >= 15 is 0 Å². The van der Waals surface area contributed by atoms with Gasteiger partial charge in [0.1, 0.15) is 0 Å². The summed E-state index contributed by atoms with van der Waals surface area (Å²) >= 11 is 0. The molecule has 0 aliphatic carbocycles. The molecule has 21 nitrogen and oxygen atoms in total. The van der Waals surface area contributed by atoms with Crippen LogP contribution in [-0.2, 0) is 18.6 Å². The van der Waals surface area contributed by atoms with Crippen LogP contribution in [0, 0.1) is 76.6 Å². The molecular formula is H2N5O16V-5. The fourth-order valence-electron chi connectivity index (χ4n) is 0. The summed E-state index contributed by atoms with van der Waals surface area (Å²) < 4.78 is 0. The van der Waals surface area contributed by atoms with Crippen molar-refractivity contribution in [2.45, 2.75) is 0 Å². The monoisotopic (exact) mass is 379 g/mol. The van der Waals surface area contributed by atoms with Gasteiger partial charge in [0.2, 0.25) is 0 Å². The van der Waals surface area contributed by atoms with Crippen LogP contribution in [-0.4, -0.2) is 30.9 Å². The van der Waals surface area contributed by atoms with E-state index in [2.05, 4.69) is 0 Å². The molecule has 0 amide bonds. The van der Waals surface area contributed by atoms with Gasteiger partial charge in [0.05, 0.1) is 25.4 Å². The Hall–Kier alpha value is -3.46. The Bertz CT molecular complexity index is 207. The first-order chi connectivity index (χ1) is 8.66. The van der Waals surface area contributed by atoms with Crippen molar-refractivity contribution < 1.29 is 49.5 Å². The fraction of sp³-hybridized carbons (Fsp3) is 0. The SMILES string of the molecule is O.O=[N+]([O-])[O-].O=[N+]([O-])[O-].O=[N+]([O-])[O-].O=[N+]([O-])[O-].O=[N+]([O-])[O-].[V]. The predicted molar refractivity (Wildman–Crippen MR) is 55.4 cm³/mol. The Morgan fingerprint density at radius 2 is 0.364 bits per heavy atom. The van der Waals surface area contributed by atoms with E-state index in [-0.39, 0.29) is 24.0 Å². The summed E-state index contributed by atoms with van der Waals surface area (Å²) in [6.45, 7) is 0. The van der Waals surface area contributed by atoms with Crippen LogP contribution in [0.25, 0.3) is 0 Å². The van der Waals surface area contributed by atoms with Gasteiger partial charge in [0.25, 0.3) is 0 Å². The average Bonchev–Trinajstić information content (AvgIpc) is 1.94. The van der Waals surface area contributed by atoms with Gasteiger partial charge in [0, 0.05) is 18.6 Å². The minimum atomic E-state index is -1.75. The second-order valence-corrected chi connectivity index (χ2v) is 1.12. The second kappa shape index (κ2) is 36.0. The first-order valence-electron chi connectivity index (χ1n) is 2.74. The van der Waals surface area contributed by atoms with Crippen molar-refractivity contribution in [3.05, 3.63) is 76.6 Å². The van der Waals surface area contributed by atoms with Crippen LogP contribution in [0.4, 0.5) is 0 Å². The molecule has 1 radical (unpaired) electrons. The van der Waals surface area contributed by atoms with E-state index in [1.165, 1.54) is 0 Å². The smallest absolute Gasteiger partial charge is 0.0689 e. The van der Waals surface area contributed by atoms with Crippen molar-refractivity contribution >= 4 is 0 Å². The molecular weight excluding hydrogens is 377 g/mol. The average molecular weight is 379 g/mol. The zero-order valence-electron chi connectivity index (χ0n) is 9.31. The van der Waals surface area contributed by atoms with E-state index in [1.807, 2.05) is 0 Å². The van der Waals surface area contributed by atoms with E-state index in [4.69, 9.17) is 76.6 Å². The molecule has 0 rings (SSSR count). The maximum atomic E-state index is 8.25. The van der Waals surface area contributed by atoms with Gasteiger partial charge in [0.15, 0.2) is 0 Å². The number of hydrogen-bond acceptors (Lipinski definition) is 15. The molecule has 0 bridgehead atoms. The summed E-state index contributed by atoms with van der Waals surface area (Å²) in [7, 11) is 0. The third-order valence-electron chi connectivity index (χ3n) is 0. The first kappa shape index (κ1) is 42.8. The molecule has 0 saturated heterocycles. The Kier molecular flexibility index (Phi) is 70.1. The van der Waals surface area contributed by atoms with Crippen LogP contribution in [0.3, 0.4) is 0 Å². The largest absolute Gasteiger partial charge is 0.412 e. The molecule has 0 saturated carbocycles. The topological polar surface area (TPSA) is 362 Å². The van der Waals surface area contributed by atoms with Crippen LogP contribution in [0.15, 0.2) is 0 Å². The summed E-state index contributed by atoms with van der Waals surface area (Å²) in [6, 6.07) is 0. The van der Waals surface area contributed by atoms with E-state index in [0.717, 1.165) is 0 Å². The maximum absolute atomic E-state index is 8.25. The third kappa shape index (κ3) is 335. The van der Waals surface area contributed by atoms with Crippen molar-refractivity contribution in [3.63, 3.8) is 0 Å². The Balaban J connectivity index is -0.0000000250. The number of hydrogen-bond donors (Lipinski definition) is 0. The predicted octanol–water partition coefficient (Wildman–Crippen LogP) is -2.02. The van der Waals surface area contributed by atoms with Crippen molar-refractivity contribution in [1.82, 2.24) is 0 Å². The molecule has 22 heavy (non-hydrogen) atoms. The number of nitrogens with zero attached hydrogens (tertiary/aromatic N) is 5. The molecule has 0 aliphatic rings. The van der Waals surface area contributed by atoms with Gasteiger partial charge < -0.3 is 82.1 Å². The van der Waals surface area contributed by atoms with Crippen LogP contribution < -0.4 is 0 Å². The van der Waals surface area contributed by atoms with Gasteiger partial charge in [-0.05, 0) is 0 Å². The number of rotatable bonds is 0. The van der Waals surface area contributed by atoms with Crippen molar-refractivity contribution in [1.29, 1.82) is 0 Å². The minimum Gasteiger partial charge on any atom is -0.412 e. The molecule has 0 atom stereocenters. The normalized spacial score (nSPS) is 5.45. The first-order valence-corrected chi connectivity index (χ1v) is 2.74. The molecule has 133 valence electrons. The summed E-state index contributed by atoms with van der Waals surface area (Å²) in [4.78, 5) is 41.2. The van der Waals surface area contributed by atoms with Gasteiger partial charge in [-0.15, -0.1) is 0 Å². The van der Waals surface area contributed by atoms with E-state index in [0.29, 0.717) is 0 Å². The van der Waals surface area contributed by atoms with Gasteiger partial charge in [-0.2, -0.15) is 0 Å². The zero-order chi connectivity index (χ0) is 17.9. The zero-order valence-corrected chi connectivity index (χ0v) is 10.7. The molecule has 0 unspecified atom stereocenters. The van der Waals surface area contributed by atoms with Crippen LogP contribution >= 0.6 is 0 Å². The Labute approximate surface area is 127 Å². The quantitative estimate of drug-likeness (QED) is 0.323. The van der Waals surface area contributed by atoms with Gasteiger partial charge in [-0.25, -0.2) is 0 Å². The Morgan fingerprint density at radius 1 is 0.364 bits per heavy atom. The minimum absolute atomic E-state index is 0. The third-order valence-corrected chi connectivity index (χ3v) is 0. The van der Waals surface area contributed by atoms with E-state index in [9.17, 15) is 0 Å². The van der Waals surface area contributed by atoms with E-state index < -0.39 is 25.4 Å². The summed E-state index contributed by atoms with van der Waals surface area (Å²) in [5.41, 5.74) is 0. The molecule has 0 heterocycles. The molecule has 0 aliphatic heterocycles. The standard InChI is InChI=1S/5NO3.H2O.V/c5*2-1(3)4;;/h;;;;;1H2;/q5*-1;;. The fourth-order valence-corrected chi connectivity index (χ4v) is 0. The molecule has 0 aromatic carbocycles. The van der Waals surface area contributed by atoms with Gasteiger partial charge in [-0.1, -0.05) is 0 Å². The van der Waals surface area contributed by atoms with E-state index in [1.54, 1.807) is 0 Å². The maximum Gasteiger partial charge on any atom is 0.0689 e. The van der Waals surface area contributed by atoms with Crippen LogP contribution in [0.5, 0.6) is 0 Å². The van der Waals surface area contributed by atoms with Crippen LogP contribution in [0.2, 0.25) is 0 Å². The summed E-state index contributed by atoms with van der Waals surface area (Å²) in [6.07, 6.45) is 0. The second-order valence-electron chi connectivity index (χ2n) is 1.12. The van der Waals surface area contributed by atoms with Gasteiger partial charge >= 0.3 is 0 Å². The Morgan fingerprint density at radius 3 is 0.364 bits per heavy atom. The van der Waals surface area contributed by atoms with Crippen molar-refractivity contribution in [3.8, 4) is 0 Å². The molecule has 22 heteroatoms. The molecule has 0 spiro atoms. The van der Waals surface area contributed by atoms with Gasteiger partial charge in [-0.3, -0.25) is 0 Å². The molecule has 0 fully saturated rings. The molecule has 2 N–H and O–H groups in total. The summed E-state index contributed by atoms with van der Waals surface area (Å²) in [5, 5.41) is 73.8. The summed E-state index contributed by atoms with van der Waals surface area (Å²) in [5.74, 6) is 0. The van der Waals surface area contributed by atoms with Crippen molar-refractivity contribution in [2.75, 3.05) is 0 Å². The van der Waals surface area contributed by atoms with Crippen LogP contribution in [0.1, 0.15) is 0 Å². The van der Waals surface area contributed by atoms with Crippen molar-refractivity contribution in [2.24, 2.45) is 0 Å². The molecule has 0 aromatic rings.